The Hall–Kier alpha value is -4.68. The average molecular weight is 594 g/mol. The highest BCUT2D eigenvalue weighted by molar-refractivity contribution is 5.98. The van der Waals surface area contributed by atoms with Crippen molar-refractivity contribution in [2.45, 2.75) is 46.7 Å². The minimum absolute atomic E-state index is 0.0307. The zero-order chi connectivity index (χ0) is 30.9. The van der Waals surface area contributed by atoms with E-state index < -0.39 is 11.9 Å². The van der Waals surface area contributed by atoms with Crippen molar-refractivity contribution in [3.8, 4) is 17.4 Å². The van der Waals surface area contributed by atoms with Gasteiger partial charge in [-0.3, -0.25) is 14.4 Å². The molecule has 4 rings (SSSR count). The minimum atomic E-state index is -0.473. The van der Waals surface area contributed by atoms with Crippen LogP contribution in [0.3, 0.4) is 0 Å². The van der Waals surface area contributed by atoms with Gasteiger partial charge in [0.2, 0.25) is 11.8 Å². The maximum atomic E-state index is 13.7. The number of ether oxygens (including phenoxy) is 3. The summed E-state index contributed by atoms with van der Waals surface area (Å²) in [7, 11) is 1.53. The van der Waals surface area contributed by atoms with Crippen LogP contribution < -0.4 is 24.8 Å². The second-order valence-electron chi connectivity index (χ2n) is 10.4. The van der Waals surface area contributed by atoms with E-state index >= 15 is 0 Å². The van der Waals surface area contributed by atoms with Crippen molar-refractivity contribution in [3.63, 3.8) is 0 Å². The lowest BCUT2D eigenvalue weighted by Gasteiger charge is -2.26. The molecular formula is C30H39N7O6. The largest absolute Gasteiger partial charge is 0.493 e. The van der Waals surface area contributed by atoms with Crippen molar-refractivity contribution < 1.29 is 28.6 Å². The van der Waals surface area contributed by atoms with Crippen molar-refractivity contribution in [2.24, 2.45) is 5.92 Å². The van der Waals surface area contributed by atoms with Crippen molar-refractivity contribution in [3.05, 3.63) is 59.3 Å². The number of fused-ring (bicyclic) bond motifs is 3. The first-order valence-corrected chi connectivity index (χ1v) is 14.4. The molecule has 0 spiro atoms. The molecule has 3 amide bonds. The quantitative estimate of drug-likeness (QED) is 0.455. The SMILES string of the molecule is CCOc1ncccc1C(=O)N1CCCNC(=O)c2ccc(OC)c(c2)OCCn2nc(C)nc2[C@H](C(C)C)NC(=O)C1. The second-order valence-corrected chi connectivity index (χ2v) is 10.4. The number of aryl methyl sites for hydroxylation is 1. The van der Waals surface area contributed by atoms with Crippen LogP contribution in [0.25, 0.3) is 0 Å². The van der Waals surface area contributed by atoms with Crippen LogP contribution in [0.4, 0.5) is 0 Å². The first-order valence-electron chi connectivity index (χ1n) is 14.4. The molecule has 1 atom stereocenters. The molecule has 2 N–H and O–H groups in total. The Morgan fingerprint density at radius 3 is 2.77 bits per heavy atom. The highest BCUT2D eigenvalue weighted by Crippen LogP contribution is 2.28. The van der Waals surface area contributed by atoms with Crippen LogP contribution in [0.2, 0.25) is 0 Å². The lowest BCUT2D eigenvalue weighted by Crippen LogP contribution is -2.44. The van der Waals surface area contributed by atoms with Crippen molar-refractivity contribution in [1.29, 1.82) is 0 Å². The Labute approximate surface area is 250 Å². The molecule has 0 fully saturated rings. The summed E-state index contributed by atoms with van der Waals surface area (Å²) in [6.07, 6.45) is 1.94. The number of aromatic nitrogens is 4. The van der Waals surface area contributed by atoms with Crippen molar-refractivity contribution in [1.82, 2.24) is 35.3 Å². The lowest BCUT2D eigenvalue weighted by atomic mass is 10.0. The Bertz CT molecular complexity index is 1440. The molecule has 3 heterocycles. The number of carbonyl (C=O) groups is 3. The van der Waals surface area contributed by atoms with Gasteiger partial charge in [0.15, 0.2) is 11.5 Å². The molecular weight excluding hydrogens is 554 g/mol. The fourth-order valence-electron chi connectivity index (χ4n) is 4.76. The van der Waals surface area contributed by atoms with Crippen LogP contribution in [-0.2, 0) is 11.3 Å². The van der Waals surface area contributed by atoms with E-state index in [0.717, 1.165) is 0 Å². The fourth-order valence-corrected chi connectivity index (χ4v) is 4.76. The van der Waals surface area contributed by atoms with Gasteiger partial charge in [0, 0.05) is 24.8 Å². The van der Waals surface area contributed by atoms with Gasteiger partial charge in [-0.2, -0.15) is 5.10 Å². The normalized spacial score (nSPS) is 16.7. The smallest absolute Gasteiger partial charge is 0.259 e. The summed E-state index contributed by atoms with van der Waals surface area (Å²) in [5, 5.41) is 10.5. The van der Waals surface area contributed by atoms with Gasteiger partial charge >= 0.3 is 0 Å². The van der Waals surface area contributed by atoms with Crippen LogP contribution in [0.5, 0.6) is 17.4 Å². The highest BCUT2D eigenvalue weighted by Gasteiger charge is 2.28. The molecule has 2 aromatic heterocycles. The van der Waals surface area contributed by atoms with Crippen LogP contribution in [0.15, 0.2) is 36.5 Å². The predicted octanol–water partition coefficient (Wildman–Crippen LogP) is 2.56. The van der Waals surface area contributed by atoms with E-state index in [1.807, 2.05) is 13.8 Å². The molecule has 2 bridgehead atoms. The first-order chi connectivity index (χ1) is 20.7. The Morgan fingerprint density at radius 2 is 2.02 bits per heavy atom. The summed E-state index contributed by atoms with van der Waals surface area (Å²) in [6.45, 7) is 8.69. The predicted molar refractivity (Wildman–Crippen MR) is 157 cm³/mol. The van der Waals surface area contributed by atoms with Crippen molar-refractivity contribution in [2.75, 3.05) is 40.0 Å². The second kappa shape index (κ2) is 14.5. The highest BCUT2D eigenvalue weighted by atomic mass is 16.5. The molecule has 3 aromatic rings. The third-order valence-corrected chi connectivity index (χ3v) is 6.85. The zero-order valence-corrected chi connectivity index (χ0v) is 25.3. The van der Waals surface area contributed by atoms with Gasteiger partial charge in [-0.15, -0.1) is 0 Å². The third-order valence-electron chi connectivity index (χ3n) is 6.85. The molecule has 13 heteroatoms. The number of hydrogen-bond donors (Lipinski definition) is 2. The van der Waals surface area contributed by atoms with Gasteiger partial charge in [-0.25, -0.2) is 14.6 Å². The number of carbonyl (C=O) groups excluding carboxylic acids is 3. The molecule has 230 valence electrons. The molecule has 0 saturated heterocycles. The number of benzene rings is 1. The summed E-state index contributed by atoms with van der Waals surface area (Å²) in [5.41, 5.74) is 0.656. The molecule has 43 heavy (non-hydrogen) atoms. The number of rotatable bonds is 5. The topological polar surface area (TPSA) is 150 Å². The standard InChI is InChI=1S/C30H39N7O6/c1-6-42-29-22(9-7-12-32-29)30(40)36-14-8-13-31-28(39)21-10-11-23(41-5)24(17-21)43-16-15-37-27(33-20(4)35-37)26(19(2)3)34-25(38)18-36/h7,9-12,17,19,26H,6,8,13-16,18H2,1-5H3,(H,31,39)(H,34,38)/t26-/m0/s1. The minimum Gasteiger partial charge on any atom is -0.493 e. The molecule has 13 nitrogen and oxygen atoms in total. The number of pyridine rings is 1. The number of hydrogen-bond acceptors (Lipinski definition) is 9. The van der Waals surface area contributed by atoms with E-state index in [-0.39, 0.29) is 55.4 Å². The maximum Gasteiger partial charge on any atom is 0.259 e. The number of nitrogens with one attached hydrogen (secondary N) is 2. The van der Waals surface area contributed by atoms with E-state index in [0.29, 0.717) is 48.3 Å². The molecule has 1 aromatic carbocycles. The van der Waals surface area contributed by atoms with Crippen LogP contribution >= 0.6 is 0 Å². The average Bonchev–Trinajstić information content (AvgIpc) is 3.36. The maximum absolute atomic E-state index is 13.7. The Morgan fingerprint density at radius 1 is 1.21 bits per heavy atom. The molecule has 0 radical (unpaired) electrons. The van der Waals surface area contributed by atoms with Gasteiger partial charge in [0.05, 0.1) is 32.8 Å². The number of nitrogens with zero attached hydrogens (tertiary/aromatic N) is 5. The summed E-state index contributed by atoms with van der Waals surface area (Å²) >= 11 is 0. The summed E-state index contributed by atoms with van der Waals surface area (Å²) in [4.78, 5) is 50.4. The van der Waals surface area contributed by atoms with E-state index in [2.05, 4.69) is 25.7 Å². The van der Waals surface area contributed by atoms with Crippen LogP contribution in [0, 0.1) is 12.8 Å². The van der Waals surface area contributed by atoms with Gasteiger partial charge in [-0.05, 0) is 56.5 Å². The van der Waals surface area contributed by atoms with Gasteiger partial charge in [0.1, 0.15) is 23.8 Å². The summed E-state index contributed by atoms with van der Waals surface area (Å²) in [5.74, 6) is 1.14. The molecule has 0 aliphatic carbocycles. The molecule has 0 saturated carbocycles. The van der Waals surface area contributed by atoms with E-state index in [1.54, 1.807) is 55.1 Å². The molecule has 0 unspecified atom stereocenters. The van der Waals surface area contributed by atoms with E-state index in [9.17, 15) is 14.4 Å². The summed E-state index contributed by atoms with van der Waals surface area (Å²) in [6, 6.07) is 7.77. The van der Waals surface area contributed by atoms with Crippen molar-refractivity contribution >= 4 is 17.7 Å². The monoisotopic (exact) mass is 593 g/mol. The van der Waals surface area contributed by atoms with Crippen LogP contribution in [0.1, 0.15) is 65.6 Å². The van der Waals surface area contributed by atoms with Gasteiger partial charge < -0.3 is 29.7 Å². The van der Waals surface area contributed by atoms with Gasteiger partial charge in [0.25, 0.3) is 11.8 Å². The number of amides is 3. The zero-order valence-electron chi connectivity index (χ0n) is 25.3. The fraction of sp³-hybridized carbons (Fsp3) is 0.467. The van der Waals surface area contributed by atoms with Gasteiger partial charge in [-0.1, -0.05) is 13.8 Å². The summed E-state index contributed by atoms with van der Waals surface area (Å²) < 4.78 is 18.7. The number of methoxy groups -OCH3 is 1. The molecule has 1 aliphatic heterocycles. The van der Waals surface area contributed by atoms with E-state index in [1.165, 1.54) is 12.0 Å². The Balaban J connectivity index is 1.67. The third kappa shape index (κ3) is 7.79. The van der Waals surface area contributed by atoms with Crippen LogP contribution in [-0.4, -0.2) is 82.3 Å². The first kappa shape index (κ1) is 31.3. The Kier molecular flexibility index (Phi) is 10.5. The lowest BCUT2D eigenvalue weighted by molar-refractivity contribution is -0.123. The van der Waals surface area contributed by atoms with E-state index in [4.69, 9.17) is 14.2 Å². The molecule has 1 aliphatic rings.